The highest BCUT2D eigenvalue weighted by Crippen LogP contribution is 2.23. The molecule has 0 atom stereocenters. The van der Waals surface area contributed by atoms with Crippen LogP contribution in [-0.4, -0.2) is 16.2 Å². The van der Waals surface area contributed by atoms with E-state index in [1.165, 1.54) is 5.56 Å². The first kappa shape index (κ1) is 21.3. The van der Waals surface area contributed by atoms with E-state index in [0.29, 0.717) is 13.2 Å². The minimum absolute atomic E-state index is 0.445. The van der Waals surface area contributed by atoms with Crippen molar-refractivity contribution in [2.75, 3.05) is 6.61 Å². The number of hydrogen-bond acceptors (Lipinski definition) is 3. The Labute approximate surface area is 188 Å². The van der Waals surface area contributed by atoms with Gasteiger partial charge in [-0.2, -0.15) is 0 Å². The fourth-order valence-corrected chi connectivity index (χ4v) is 3.71. The molecular weight excluding hydrogens is 408 g/mol. The molecule has 0 saturated heterocycles. The van der Waals surface area contributed by atoms with E-state index < -0.39 is 0 Å². The van der Waals surface area contributed by atoms with Crippen LogP contribution in [0.5, 0.6) is 11.5 Å². The molecular formula is C26H27ClN2O2. The van der Waals surface area contributed by atoms with Gasteiger partial charge in [0.15, 0.2) is 0 Å². The number of aryl methyl sites for hydroxylation is 3. The van der Waals surface area contributed by atoms with Crippen LogP contribution in [-0.2, 0) is 13.2 Å². The molecule has 0 radical (unpaired) electrons. The van der Waals surface area contributed by atoms with Crippen LogP contribution in [0, 0.1) is 13.8 Å². The molecule has 4 aromatic rings. The normalized spacial score (nSPS) is 11.1. The number of benzene rings is 3. The summed E-state index contributed by atoms with van der Waals surface area (Å²) < 4.78 is 14.2. The van der Waals surface area contributed by atoms with Gasteiger partial charge in [-0.05, 0) is 80.3 Å². The van der Waals surface area contributed by atoms with Crippen LogP contribution in [0.2, 0.25) is 5.02 Å². The smallest absolute Gasteiger partial charge is 0.147 e. The van der Waals surface area contributed by atoms with E-state index in [1.54, 1.807) is 0 Å². The maximum Gasteiger partial charge on any atom is 0.147 e. The third-order valence-corrected chi connectivity index (χ3v) is 5.54. The van der Waals surface area contributed by atoms with E-state index in [1.807, 2.05) is 30.3 Å². The molecule has 3 aromatic carbocycles. The molecule has 0 aliphatic heterocycles. The van der Waals surface area contributed by atoms with Crippen LogP contribution in [0.15, 0.2) is 66.7 Å². The van der Waals surface area contributed by atoms with Crippen molar-refractivity contribution in [1.82, 2.24) is 9.55 Å². The summed E-state index contributed by atoms with van der Waals surface area (Å²) in [5.74, 6) is 2.70. The molecule has 160 valence electrons. The number of aromatic nitrogens is 2. The Hall–Kier alpha value is -2.98. The Morgan fingerprint density at radius 3 is 2.55 bits per heavy atom. The first-order valence-corrected chi connectivity index (χ1v) is 11.0. The molecule has 0 saturated carbocycles. The van der Waals surface area contributed by atoms with Crippen molar-refractivity contribution in [3.05, 3.63) is 88.7 Å². The summed E-state index contributed by atoms with van der Waals surface area (Å²) >= 11 is 5.92. The highest BCUT2D eigenvalue weighted by Gasteiger charge is 2.12. The Balaban J connectivity index is 1.40. The second-order valence-electron chi connectivity index (χ2n) is 7.74. The van der Waals surface area contributed by atoms with Crippen molar-refractivity contribution in [3.8, 4) is 11.5 Å². The molecule has 0 N–H and O–H groups in total. The molecule has 0 bridgehead atoms. The average Bonchev–Trinajstić information content (AvgIpc) is 3.13. The number of nitrogens with zero attached hydrogens (tertiary/aromatic N) is 2. The maximum atomic E-state index is 6.15. The number of unbranched alkanes of at least 4 members (excludes halogenated alkanes) is 1. The lowest BCUT2D eigenvalue weighted by Crippen LogP contribution is -2.09. The third kappa shape index (κ3) is 5.39. The Bertz CT molecular complexity index is 1150. The van der Waals surface area contributed by atoms with Crippen molar-refractivity contribution < 1.29 is 9.47 Å². The van der Waals surface area contributed by atoms with Crippen LogP contribution in [0.25, 0.3) is 11.0 Å². The van der Waals surface area contributed by atoms with E-state index >= 15 is 0 Å². The molecule has 1 aromatic heterocycles. The zero-order valence-corrected chi connectivity index (χ0v) is 18.7. The van der Waals surface area contributed by atoms with Crippen molar-refractivity contribution in [2.24, 2.45) is 0 Å². The summed E-state index contributed by atoms with van der Waals surface area (Å²) in [5.41, 5.74) is 4.46. The number of ether oxygens (including phenoxy) is 2. The highest BCUT2D eigenvalue weighted by molar-refractivity contribution is 6.30. The summed E-state index contributed by atoms with van der Waals surface area (Å²) in [5, 5.41) is 0.718. The summed E-state index contributed by atoms with van der Waals surface area (Å²) in [7, 11) is 0. The molecule has 5 heteroatoms. The van der Waals surface area contributed by atoms with Gasteiger partial charge in [-0.3, -0.25) is 0 Å². The summed E-state index contributed by atoms with van der Waals surface area (Å²) in [6.07, 6.45) is 1.94. The molecule has 0 amide bonds. The van der Waals surface area contributed by atoms with E-state index in [-0.39, 0.29) is 0 Å². The Morgan fingerprint density at radius 2 is 1.71 bits per heavy atom. The predicted octanol–water partition coefficient (Wildman–Crippen LogP) is 6.74. The highest BCUT2D eigenvalue weighted by atomic mass is 35.5. The molecule has 31 heavy (non-hydrogen) atoms. The lowest BCUT2D eigenvalue weighted by Gasteiger charge is -2.13. The number of fused-ring (bicyclic) bond motifs is 1. The third-order valence-electron chi connectivity index (χ3n) is 5.29. The number of hydrogen-bond donors (Lipinski definition) is 0. The summed E-state index contributed by atoms with van der Waals surface area (Å²) in [4.78, 5) is 4.83. The quantitative estimate of drug-likeness (QED) is 0.273. The number of para-hydroxylation sites is 2. The van der Waals surface area contributed by atoms with Crippen LogP contribution >= 0.6 is 11.6 Å². The van der Waals surface area contributed by atoms with Gasteiger partial charge in [-0.15, -0.1) is 0 Å². The molecule has 0 fully saturated rings. The minimum Gasteiger partial charge on any atom is -0.494 e. The topological polar surface area (TPSA) is 36.3 Å². The van der Waals surface area contributed by atoms with Crippen molar-refractivity contribution in [2.45, 2.75) is 39.8 Å². The maximum absolute atomic E-state index is 6.15. The van der Waals surface area contributed by atoms with Gasteiger partial charge >= 0.3 is 0 Å². The average molecular weight is 435 g/mol. The fraction of sp³-hybridized carbons (Fsp3) is 0.269. The molecule has 1 heterocycles. The lowest BCUT2D eigenvalue weighted by atomic mass is 10.1. The van der Waals surface area contributed by atoms with Gasteiger partial charge in [-0.25, -0.2) is 4.98 Å². The second kappa shape index (κ2) is 9.88. The Morgan fingerprint density at radius 1 is 0.903 bits per heavy atom. The van der Waals surface area contributed by atoms with E-state index in [9.17, 15) is 0 Å². The molecule has 0 aliphatic carbocycles. The van der Waals surface area contributed by atoms with Gasteiger partial charge in [0, 0.05) is 11.6 Å². The van der Waals surface area contributed by atoms with Crippen LogP contribution in [0.3, 0.4) is 0 Å². The van der Waals surface area contributed by atoms with E-state index in [2.05, 4.69) is 54.8 Å². The molecule has 0 aliphatic rings. The van der Waals surface area contributed by atoms with Gasteiger partial charge in [0.1, 0.15) is 23.9 Å². The molecule has 0 spiro atoms. The van der Waals surface area contributed by atoms with Gasteiger partial charge in [-0.1, -0.05) is 35.9 Å². The van der Waals surface area contributed by atoms with Crippen LogP contribution < -0.4 is 9.47 Å². The first-order chi connectivity index (χ1) is 15.1. The number of halogens is 1. The van der Waals surface area contributed by atoms with Crippen molar-refractivity contribution >= 4 is 22.6 Å². The van der Waals surface area contributed by atoms with Gasteiger partial charge in [0.2, 0.25) is 0 Å². The van der Waals surface area contributed by atoms with Crippen molar-refractivity contribution in [1.29, 1.82) is 0 Å². The number of imidazole rings is 1. The van der Waals surface area contributed by atoms with Crippen LogP contribution in [0.4, 0.5) is 0 Å². The molecule has 4 nitrogen and oxygen atoms in total. The minimum atomic E-state index is 0.445. The van der Waals surface area contributed by atoms with Gasteiger partial charge in [0.25, 0.3) is 0 Å². The number of rotatable bonds is 9. The fourth-order valence-electron chi connectivity index (χ4n) is 3.58. The SMILES string of the molecule is Cc1ccc(C)c(OCc2nc3ccccc3n2CCCCOc2ccc(Cl)cc2)c1. The van der Waals surface area contributed by atoms with E-state index in [0.717, 1.165) is 58.3 Å². The summed E-state index contributed by atoms with van der Waals surface area (Å²) in [6, 6.07) is 22.0. The molecule has 4 rings (SSSR count). The van der Waals surface area contributed by atoms with Crippen LogP contribution in [0.1, 0.15) is 29.8 Å². The van der Waals surface area contributed by atoms with Gasteiger partial charge < -0.3 is 14.0 Å². The molecule has 0 unspecified atom stereocenters. The van der Waals surface area contributed by atoms with Crippen molar-refractivity contribution in [3.63, 3.8) is 0 Å². The second-order valence-corrected chi connectivity index (χ2v) is 8.17. The largest absolute Gasteiger partial charge is 0.494 e. The zero-order valence-electron chi connectivity index (χ0n) is 18.0. The Kier molecular flexibility index (Phi) is 6.78. The standard InChI is InChI=1S/C26H27ClN2O2/c1-19-9-10-20(2)25(17-19)31-18-26-28-23-7-3-4-8-24(23)29(26)15-5-6-16-30-22-13-11-21(27)12-14-22/h3-4,7-14,17H,5-6,15-16,18H2,1-2H3. The first-order valence-electron chi connectivity index (χ1n) is 10.6. The van der Waals surface area contributed by atoms with E-state index in [4.69, 9.17) is 26.1 Å². The summed E-state index contributed by atoms with van der Waals surface area (Å²) in [6.45, 7) is 6.13. The zero-order chi connectivity index (χ0) is 21.6. The van der Waals surface area contributed by atoms with Gasteiger partial charge in [0.05, 0.1) is 17.6 Å². The predicted molar refractivity (Wildman–Crippen MR) is 126 cm³/mol. The lowest BCUT2D eigenvalue weighted by molar-refractivity contribution is 0.283. The monoisotopic (exact) mass is 434 g/mol.